The Hall–Kier alpha value is -6.17. The normalized spacial score (nSPS) is 12.2. The van der Waals surface area contributed by atoms with Crippen molar-refractivity contribution in [1.29, 1.82) is 0 Å². The van der Waals surface area contributed by atoms with Crippen molar-refractivity contribution in [1.82, 2.24) is 14.1 Å². The minimum atomic E-state index is 0.581. The van der Waals surface area contributed by atoms with Crippen LogP contribution >= 0.6 is 11.3 Å². The van der Waals surface area contributed by atoms with Crippen LogP contribution in [0.5, 0.6) is 0 Å². The van der Waals surface area contributed by atoms with E-state index < -0.39 is 0 Å². The summed E-state index contributed by atoms with van der Waals surface area (Å²) in [5.74, 6) is 0. The molecule has 11 aromatic rings. The van der Waals surface area contributed by atoms with Crippen molar-refractivity contribution < 1.29 is 4.42 Å². The summed E-state index contributed by atoms with van der Waals surface area (Å²) < 4.78 is 13.6. The van der Waals surface area contributed by atoms with E-state index in [9.17, 15) is 0 Å². The Labute approximate surface area is 278 Å². The molecule has 0 amide bonds. The molecule has 0 aliphatic heterocycles. The highest BCUT2D eigenvalue weighted by Crippen LogP contribution is 2.41. The van der Waals surface area contributed by atoms with Crippen LogP contribution in [-0.2, 0) is 0 Å². The molecule has 4 aromatic heterocycles. The first-order valence-corrected chi connectivity index (χ1v) is 17.0. The van der Waals surface area contributed by atoms with Gasteiger partial charge in [-0.15, -0.1) is 11.3 Å². The third-order valence-corrected chi connectivity index (χ3v) is 10.9. The maximum absolute atomic E-state index is 6.61. The molecular formula is C43H25N3OS. The largest absolute Gasteiger partial charge is 0.423 e. The summed E-state index contributed by atoms with van der Waals surface area (Å²) in [4.78, 5) is 5.22. The molecule has 0 aliphatic rings. The van der Waals surface area contributed by atoms with Gasteiger partial charge in [0.25, 0.3) is 0 Å². The molecule has 0 radical (unpaired) electrons. The molecule has 0 N–H and O–H groups in total. The number of hydrogen-bond donors (Lipinski definition) is 0. The van der Waals surface area contributed by atoms with E-state index in [-0.39, 0.29) is 0 Å². The third kappa shape index (κ3) is 3.56. The number of benzene rings is 7. The topological polar surface area (TPSA) is 35.9 Å². The van der Waals surface area contributed by atoms with Crippen LogP contribution in [-0.4, -0.2) is 14.1 Å². The monoisotopic (exact) mass is 631 g/mol. The first kappa shape index (κ1) is 26.0. The van der Waals surface area contributed by atoms with Crippen molar-refractivity contribution in [3.63, 3.8) is 0 Å². The smallest absolute Gasteiger partial charge is 0.307 e. The lowest BCUT2D eigenvalue weighted by molar-refractivity contribution is 0.574. The summed E-state index contributed by atoms with van der Waals surface area (Å²) in [6.45, 7) is 0. The summed E-state index contributed by atoms with van der Waals surface area (Å²) in [6, 6.07) is 54.8. The van der Waals surface area contributed by atoms with Crippen molar-refractivity contribution >= 4 is 86.2 Å². The minimum Gasteiger partial charge on any atom is -0.423 e. The van der Waals surface area contributed by atoms with Crippen LogP contribution < -0.4 is 0 Å². The number of nitrogens with zero attached hydrogens (tertiary/aromatic N) is 3. The van der Waals surface area contributed by atoms with Gasteiger partial charge in [0.15, 0.2) is 5.58 Å². The predicted molar refractivity (Wildman–Crippen MR) is 201 cm³/mol. The van der Waals surface area contributed by atoms with Crippen LogP contribution in [0.3, 0.4) is 0 Å². The Morgan fingerprint density at radius 1 is 0.458 bits per heavy atom. The molecule has 11 rings (SSSR count). The maximum Gasteiger partial charge on any atom is 0.307 e. The molecule has 0 atom stereocenters. The van der Waals surface area contributed by atoms with Gasteiger partial charge < -0.3 is 8.98 Å². The SMILES string of the molecule is c1ccc(-n2c3ccccc3c3cc(-c4ccc5c6ccccc6n(-c6nc7c(ccc8sc9ccccc9c87)o6)c5c4)ccc32)cc1. The number of rotatable bonds is 3. The number of fused-ring (bicyclic) bond motifs is 11. The molecule has 224 valence electrons. The number of aromatic nitrogens is 3. The summed E-state index contributed by atoms with van der Waals surface area (Å²) in [7, 11) is 0. The lowest BCUT2D eigenvalue weighted by Gasteiger charge is -2.08. The number of oxazole rings is 1. The fourth-order valence-electron chi connectivity index (χ4n) is 7.65. The van der Waals surface area contributed by atoms with Gasteiger partial charge in [-0.1, -0.05) is 91.0 Å². The number of thiophene rings is 1. The zero-order valence-electron chi connectivity index (χ0n) is 25.6. The Balaban J connectivity index is 1.15. The second kappa shape index (κ2) is 9.67. The standard InChI is InChI=1S/C43H25N3OS/c1-2-10-28(11-3-1)45-34-15-7-5-13-30(34)33-24-26(19-21-36(33)45)27-18-20-31-29-12-4-8-16-35(29)46(37(31)25-27)43-44-42-38(47-43)22-23-40-41(42)32-14-6-9-17-39(32)48-40/h1-25H. The van der Waals surface area contributed by atoms with Crippen molar-refractivity contribution in [2.75, 3.05) is 0 Å². The lowest BCUT2D eigenvalue weighted by atomic mass is 10.0. The van der Waals surface area contributed by atoms with Gasteiger partial charge in [-0.2, -0.15) is 4.98 Å². The molecule has 0 unspecified atom stereocenters. The van der Waals surface area contributed by atoms with Crippen LogP contribution in [0.25, 0.3) is 97.7 Å². The molecule has 0 spiro atoms. The second-order valence-corrected chi connectivity index (χ2v) is 13.5. The van der Waals surface area contributed by atoms with Gasteiger partial charge in [0, 0.05) is 47.4 Å². The van der Waals surface area contributed by atoms with Crippen LogP contribution in [0.2, 0.25) is 0 Å². The summed E-state index contributed by atoms with van der Waals surface area (Å²) >= 11 is 1.80. The quantitative estimate of drug-likeness (QED) is 0.194. The zero-order valence-corrected chi connectivity index (χ0v) is 26.4. The molecule has 4 heterocycles. The fraction of sp³-hybridized carbons (Fsp3) is 0. The first-order valence-electron chi connectivity index (χ1n) is 16.1. The van der Waals surface area contributed by atoms with Crippen LogP contribution in [0.4, 0.5) is 0 Å². The highest BCUT2D eigenvalue weighted by atomic mass is 32.1. The molecule has 0 bridgehead atoms. The molecule has 7 aromatic carbocycles. The molecule has 48 heavy (non-hydrogen) atoms. The molecule has 0 saturated heterocycles. The first-order chi connectivity index (χ1) is 23.8. The van der Waals surface area contributed by atoms with Gasteiger partial charge in [0.05, 0.1) is 22.1 Å². The summed E-state index contributed by atoms with van der Waals surface area (Å²) in [5, 5.41) is 7.20. The fourth-order valence-corrected chi connectivity index (χ4v) is 8.76. The molecule has 0 aliphatic carbocycles. The van der Waals surface area contributed by atoms with E-state index in [4.69, 9.17) is 9.40 Å². The molecule has 0 saturated carbocycles. The van der Waals surface area contributed by atoms with Crippen molar-refractivity contribution in [2.24, 2.45) is 0 Å². The van der Waals surface area contributed by atoms with Crippen molar-refractivity contribution in [3.05, 3.63) is 152 Å². The Kier molecular flexibility index (Phi) is 5.23. The average molecular weight is 632 g/mol. The Morgan fingerprint density at radius 3 is 1.96 bits per heavy atom. The highest BCUT2D eigenvalue weighted by Gasteiger charge is 2.20. The van der Waals surface area contributed by atoms with E-state index in [1.165, 1.54) is 52.9 Å². The third-order valence-electron chi connectivity index (χ3n) is 9.77. The number of para-hydroxylation sites is 3. The average Bonchev–Trinajstić information content (AvgIpc) is 3.90. The van der Waals surface area contributed by atoms with E-state index in [2.05, 4.69) is 161 Å². The maximum atomic E-state index is 6.61. The van der Waals surface area contributed by atoms with Crippen LogP contribution in [0.15, 0.2) is 156 Å². The zero-order chi connectivity index (χ0) is 31.3. The Bertz CT molecular complexity index is 3070. The van der Waals surface area contributed by atoms with E-state index in [1.807, 2.05) is 0 Å². The van der Waals surface area contributed by atoms with Crippen molar-refractivity contribution in [2.45, 2.75) is 0 Å². The molecular weight excluding hydrogens is 607 g/mol. The highest BCUT2D eigenvalue weighted by molar-refractivity contribution is 7.26. The van der Waals surface area contributed by atoms with Gasteiger partial charge >= 0.3 is 6.01 Å². The number of hydrogen-bond acceptors (Lipinski definition) is 3. The van der Waals surface area contributed by atoms with Gasteiger partial charge in [0.1, 0.15) is 5.52 Å². The summed E-state index contributed by atoms with van der Waals surface area (Å²) in [6.07, 6.45) is 0. The lowest BCUT2D eigenvalue weighted by Crippen LogP contribution is -1.94. The van der Waals surface area contributed by atoms with Gasteiger partial charge in [-0.05, 0) is 71.8 Å². The van der Waals surface area contributed by atoms with E-state index in [1.54, 1.807) is 11.3 Å². The minimum absolute atomic E-state index is 0.581. The van der Waals surface area contributed by atoms with Crippen LogP contribution in [0.1, 0.15) is 0 Å². The van der Waals surface area contributed by atoms with E-state index in [0.29, 0.717) is 6.01 Å². The van der Waals surface area contributed by atoms with Crippen LogP contribution in [0, 0.1) is 0 Å². The summed E-state index contributed by atoms with van der Waals surface area (Å²) in [5.41, 5.74) is 9.71. The molecule has 0 fully saturated rings. The van der Waals surface area contributed by atoms with Gasteiger partial charge in [-0.3, -0.25) is 4.57 Å². The van der Waals surface area contributed by atoms with Crippen molar-refractivity contribution in [3.8, 4) is 22.8 Å². The Morgan fingerprint density at radius 2 is 1.10 bits per heavy atom. The molecule has 4 nitrogen and oxygen atoms in total. The van der Waals surface area contributed by atoms with E-state index in [0.717, 1.165) is 38.8 Å². The second-order valence-electron chi connectivity index (χ2n) is 12.4. The van der Waals surface area contributed by atoms with Gasteiger partial charge in [0.2, 0.25) is 0 Å². The van der Waals surface area contributed by atoms with E-state index >= 15 is 0 Å². The predicted octanol–water partition coefficient (Wildman–Crippen LogP) is 12.1. The molecule has 5 heteroatoms. The van der Waals surface area contributed by atoms with Gasteiger partial charge in [-0.25, -0.2) is 0 Å².